The van der Waals surface area contributed by atoms with Crippen molar-refractivity contribution in [1.82, 2.24) is 14.7 Å². The van der Waals surface area contributed by atoms with E-state index in [1.54, 1.807) is 6.07 Å². The van der Waals surface area contributed by atoms with Crippen LogP contribution in [0.2, 0.25) is 0 Å². The van der Waals surface area contributed by atoms with Gasteiger partial charge in [0.15, 0.2) is 0 Å². The highest BCUT2D eigenvalue weighted by Crippen LogP contribution is 2.36. The van der Waals surface area contributed by atoms with Crippen LogP contribution in [0.15, 0.2) is 67.0 Å². The standard InChI is InChI=1S/C22H19F3N4O2/c23-22(24,25)18-13-17(29-11-4-10-26-29)7-8-19(18)27-20(30)21(31)28-12-9-16(14-28)15-5-2-1-3-6-15/h1-8,10-11,13,16H,9,12,14H2,(H,27,30). The maximum absolute atomic E-state index is 13.6. The number of halogens is 3. The maximum atomic E-state index is 13.6. The Balaban J connectivity index is 1.49. The summed E-state index contributed by atoms with van der Waals surface area (Å²) in [6.07, 6.45) is -1.08. The Morgan fingerprint density at radius 1 is 1.06 bits per heavy atom. The molecule has 0 spiro atoms. The summed E-state index contributed by atoms with van der Waals surface area (Å²) in [6.45, 7) is 0.719. The Morgan fingerprint density at radius 3 is 2.52 bits per heavy atom. The van der Waals surface area contributed by atoms with Crippen molar-refractivity contribution in [3.63, 3.8) is 0 Å². The third-order valence-corrected chi connectivity index (χ3v) is 5.27. The number of aromatic nitrogens is 2. The third kappa shape index (κ3) is 4.45. The Hall–Kier alpha value is -3.62. The van der Waals surface area contributed by atoms with Crippen molar-refractivity contribution in [1.29, 1.82) is 0 Å². The Kier molecular flexibility index (Phi) is 5.50. The molecule has 9 heteroatoms. The minimum Gasteiger partial charge on any atom is -0.334 e. The number of nitrogens with zero attached hydrogens (tertiary/aromatic N) is 3. The first kappa shape index (κ1) is 20.6. The molecule has 31 heavy (non-hydrogen) atoms. The number of carbonyl (C=O) groups is 2. The quantitative estimate of drug-likeness (QED) is 0.645. The zero-order chi connectivity index (χ0) is 22.0. The smallest absolute Gasteiger partial charge is 0.334 e. The average molecular weight is 428 g/mol. The van der Waals surface area contributed by atoms with E-state index in [-0.39, 0.29) is 11.6 Å². The first-order valence-corrected chi connectivity index (χ1v) is 9.69. The molecule has 1 saturated heterocycles. The van der Waals surface area contributed by atoms with Crippen LogP contribution in [0.5, 0.6) is 0 Å². The Morgan fingerprint density at radius 2 is 1.84 bits per heavy atom. The Bertz CT molecular complexity index is 1080. The first-order valence-electron chi connectivity index (χ1n) is 9.69. The molecule has 1 atom stereocenters. The zero-order valence-electron chi connectivity index (χ0n) is 16.3. The normalized spacial score (nSPS) is 16.4. The van der Waals surface area contributed by atoms with Gasteiger partial charge in [0, 0.05) is 31.4 Å². The number of anilines is 1. The second-order valence-electron chi connectivity index (χ2n) is 7.28. The fraction of sp³-hybridized carbons (Fsp3) is 0.227. The van der Waals surface area contributed by atoms with Gasteiger partial charge in [-0.1, -0.05) is 30.3 Å². The van der Waals surface area contributed by atoms with Crippen molar-refractivity contribution in [2.75, 3.05) is 18.4 Å². The molecule has 2 heterocycles. The highest BCUT2D eigenvalue weighted by molar-refractivity contribution is 6.39. The first-order chi connectivity index (χ1) is 14.8. The van der Waals surface area contributed by atoms with Crippen LogP contribution in [0, 0.1) is 0 Å². The minimum absolute atomic E-state index is 0.0945. The molecule has 2 aromatic carbocycles. The highest BCUT2D eigenvalue weighted by atomic mass is 19.4. The van der Waals surface area contributed by atoms with E-state index in [1.165, 1.54) is 28.0 Å². The number of alkyl halides is 3. The van der Waals surface area contributed by atoms with Crippen molar-refractivity contribution in [3.05, 3.63) is 78.1 Å². The minimum atomic E-state index is -4.72. The van der Waals surface area contributed by atoms with Crippen molar-refractivity contribution in [2.24, 2.45) is 0 Å². The van der Waals surface area contributed by atoms with Crippen LogP contribution >= 0.6 is 0 Å². The predicted molar refractivity (Wildman–Crippen MR) is 108 cm³/mol. The molecule has 1 unspecified atom stereocenters. The molecule has 0 radical (unpaired) electrons. The lowest BCUT2D eigenvalue weighted by Gasteiger charge is -2.18. The average Bonchev–Trinajstić information content (AvgIpc) is 3.46. The summed E-state index contributed by atoms with van der Waals surface area (Å²) in [7, 11) is 0. The van der Waals surface area contributed by atoms with Crippen molar-refractivity contribution in [2.45, 2.75) is 18.5 Å². The molecule has 2 amide bonds. The molecule has 1 N–H and O–H groups in total. The van der Waals surface area contributed by atoms with E-state index in [1.807, 2.05) is 30.3 Å². The van der Waals surface area contributed by atoms with E-state index in [9.17, 15) is 22.8 Å². The lowest BCUT2D eigenvalue weighted by atomic mass is 9.99. The van der Waals surface area contributed by atoms with E-state index in [0.717, 1.165) is 17.7 Å². The molecule has 1 aliphatic rings. The molecular weight excluding hydrogens is 409 g/mol. The van der Waals surface area contributed by atoms with Crippen molar-refractivity contribution in [3.8, 4) is 5.69 Å². The molecule has 1 aliphatic heterocycles. The van der Waals surface area contributed by atoms with E-state index in [2.05, 4.69) is 10.4 Å². The number of carbonyl (C=O) groups excluding carboxylic acids is 2. The summed E-state index contributed by atoms with van der Waals surface area (Å²) in [5, 5.41) is 6.06. The zero-order valence-corrected chi connectivity index (χ0v) is 16.3. The van der Waals surface area contributed by atoms with Gasteiger partial charge in [0.05, 0.1) is 16.9 Å². The summed E-state index contributed by atoms with van der Waals surface area (Å²) in [6, 6.07) is 14.6. The number of hydrogen-bond donors (Lipinski definition) is 1. The van der Waals surface area contributed by atoms with E-state index < -0.39 is 29.2 Å². The predicted octanol–water partition coefficient (Wildman–Crippen LogP) is 3.85. The molecule has 0 saturated carbocycles. The Labute approximate surface area is 176 Å². The van der Waals surface area contributed by atoms with Gasteiger partial charge in [-0.25, -0.2) is 4.68 Å². The van der Waals surface area contributed by atoms with Gasteiger partial charge >= 0.3 is 18.0 Å². The van der Waals surface area contributed by atoms with Gasteiger partial charge in [0.2, 0.25) is 0 Å². The lowest BCUT2D eigenvalue weighted by molar-refractivity contribution is -0.142. The van der Waals surface area contributed by atoms with Crippen molar-refractivity contribution >= 4 is 17.5 Å². The monoisotopic (exact) mass is 428 g/mol. The van der Waals surface area contributed by atoms with Gasteiger partial charge in [0.25, 0.3) is 0 Å². The molecule has 1 aromatic heterocycles. The number of rotatable bonds is 3. The van der Waals surface area contributed by atoms with Crippen LogP contribution < -0.4 is 5.32 Å². The molecule has 3 aromatic rings. The molecular formula is C22H19F3N4O2. The van der Waals surface area contributed by atoms with Gasteiger partial charge in [0.1, 0.15) is 0 Å². The molecule has 0 bridgehead atoms. The van der Waals surface area contributed by atoms with Crippen LogP contribution in [-0.2, 0) is 15.8 Å². The van der Waals surface area contributed by atoms with Crippen LogP contribution in [0.4, 0.5) is 18.9 Å². The van der Waals surface area contributed by atoms with Crippen molar-refractivity contribution < 1.29 is 22.8 Å². The number of amides is 2. The van der Waals surface area contributed by atoms with E-state index >= 15 is 0 Å². The maximum Gasteiger partial charge on any atom is 0.418 e. The van der Waals surface area contributed by atoms with Crippen LogP contribution in [0.1, 0.15) is 23.5 Å². The summed E-state index contributed by atoms with van der Waals surface area (Å²) >= 11 is 0. The number of nitrogens with one attached hydrogen (secondary N) is 1. The van der Waals surface area contributed by atoms with Crippen LogP contribution in [0.3, 0.4) is 0 Å². The molecule has 4 rings (SSSR count). The molecule has 160 valence electrons. The number of likely N-dealkylation sites (tertiary alicyclic amines) is 1. The van der Waals surface area contributed by atoms with Crippen LogP contribution in [0.25, 0.3) is 5.69 Å². The summed E-state index contributed by atoms with van der Waals surface area (Å²) in [4.78, 5) is 26.4. The van der Waals surface area contributed by atoms with Gasteiger partial charge < -0.3 is 10.2 Å². The summed E-state index contributed by atoms with van der Waals surface area (Å²) in [5.74, 6) is -1.84. The topological polar surface area (TPSA) is 67.2 Å². The van der Waals surface area contributed by atoms with Gasteiger partial charge in [-0.2, -0.15) is 18.3 Å². The second kappa shape index (κ2) is 8.25. The largest absolute Gasteiger partial charge is 0.418 e. The van der Waals surface area contributed by atoms with Gasteiger partial charge in [-0.3, -0.25) is 9.59 Å². The van der Waals surface area contributed by atoms with Gasteiger partial charge in [-0.05, 0) is 36.2 Å². The summed E-state index contributed by atoms with van der Waals surface area (Å²) < 4.78 is 42.0. The second-order valence-corrected chi connectivity index (χ2v) is 7.28. The van der Waals surface area contributed by atoms with E-state index in [0.29, 0.717) is 19.5 Å². The fourth-order valence-corrected chi connectivity index (χ4v) is 3.70. The lowest BCUT2D eigenvalue weighted by Crippen LogP contribution is -2.38. The third-order valence-electron chi connectivity index (χ3n) is 5.27. The highest BCUT2D eigenvalue weighted by Gasteiger charge is 2.36. The van der Waals surface area contributed by atoms with Crippen LogP contribution in [-0.4, -0.2) is 39.6 Å². The molecule has 0 aliphatic carbocycles. The number of hydrogen-bond acceptors (Lipinski definition) is 3. The SMILES string of the molecule is O=C(Nc1ccc(-n2cccn2)cc1C(F)(F)F)C(=O)N1CCC(c2ccccc2)C1. The molecule has 1 fully saturated rings. The number of benzene rings is 2. The van der Waals surface area contributed by atoms with Gasteiger partial charge in [-0.15, -0.1) is 0 Å². The summed E-state index contributed by atoms with van der Waals surface area (Å²) in [5.41, 5.74) is -0.274. The fourth-order valence-electron chi connectivity index (χ4n) is 3.70. The van der Waals surface area contributed by atoms with E-state index in [4.69, 9.17) is 0 Å². The molecule has 6 nitrogen and oxygen atoms in total.